The van der Waals surface area contributed by atoms with Crippen LogP contribution in [0.3, 0.4) is 0 Å². The fraction of sp³-hybridized carbons (Fsp3) is 0. The van der Waals surface area contributed by atoms with Gasteiger partial charge in [-0.3, -0.25) is 0 Å². The average molecular weight is 318 g/mol. The monoisotopic (exact) mass is 318 g/mol. The van der Waals surface area contributed by atoms with E-state index < -0.39 is 11.9 Å². The predicted molar refractivity (Wildman–Crippen MR) is 85.2 cm³/mol. The Balaban J connectivity index is 1.76. The molecule has 2 aromatic carbocycles. The van der Waals surface area contributed by atoms with Crippen LogP contribution in [0.4, 0.5) is 0 Å². The number of rotatable bonds is 2. The molecule has 6 heteroatoms. The third-order valence-corrected chi connectivity index (χ3v) is 3.46. The zero-order valence-corrected chi connectivity index (χ0v) is 12.3. The first-order chi connectivity index (χ1) is 11.7. The zero-order valence-electron chi connectivity index (χ0n) is 12.3. The van der Waals surface area contributed by atoms with Gasteiger partial charge in [0.25, 0.3) is 0 Å². The number of aliphatic imine (C=N–C) groups is 2. The minimum Gasteiger partial charge on any atom is -0.402 e. The molecule has 24 heavy (non-hydrogen) atoms. The fourth-order valence-electron chi connectivity index (χ4n) is 2.32. The van der Waals surface area contributed by atoms with E-state index in [1.54, 1.807) is 48.5 Å². The van der Waals surface area contributed by atoms with Crippen molar-refractivity contribution in [2.75, 3.05) is 0 Å². The lowest BCUT2D eigenvalue weighted by atomic mass is 10.2. The van der Waals surface area contributed by atoms with Gasteiger partial charge in [0.05, 0.1) is 0 Å². The Labute approximate surface area is 136 Å². The van der Waals surface area contributed by atoms with Crippen LogP contribution in [-0.2, 0) is 19.1 Å². The molecule has 0 bridgehead atoms. The van der Waals surface area contributed by atoms with Gasteiger partial charge >= 0.3 is 11.9 Å². The fourth-order valence-corrected chi connectivity index (χ4v) is 2.32. The van der Waals surface area contributed by atoms with Crippen LogP contribution in [0, 0.1) is 0 Å². The molecule has 0 aliphatic carbocycles. The highest BCUT2D eigenvalue weighted by Crippen LogP contribution is 2.25. The molecule has 2 heterocycles. The van der Waals surface area contributed by atoms with Gasteiger partial charge in [-0.05, 0) is 24.3 Å². The lowest BCUT2D eigenvalue weighted by molar-refractivity contribution is -0.132. The van der Waals surface area contributed by atoms with Crippen molar-refractivity contribution in [2.24, 2.45) is 9.98 Å². The maximum Gasteiger partial charge on any atom is 0.366 e. The Morgan fingerprint density at radius 1 is 0.583 bits per heavy atom. The third-order valence-electron chi connectivity index (χ3n) is 3.46. The van der Waals surface area contributed by atoms with E-state index in [0.29, 0.717) is 11.1 Å². The summed E-state index contributed by atoms with van der Waals surface area (Å²) in [5.74, 6) is -1.17. The molecular weight excluding hydrogens is 308 g/mol. The summed E-state index contributed by atoms with van der Waals surface area (Å²) in [6.45, 7) is 0. The summed E-state index contributed by atoms with van der Waals surface area (Å²) in [6, 6.07) is 17.9. The van der Waals surface area contributed by atoms with Crippen LogP contribution in [0.15, 0.2) is 82.0 Å². The molecule has 6 nitrogen and oxygen atoms in total. The van der Waals surface area contributed by atoms with Gasteiger partial charge in [0.1, 0.15) is 0 Å². The Bertz CT molecular complexity index is 851. The largest absolute Gasteiger partial charge is 0.402 e. The summed E-state index contributed by atoms with van der Waals surface area (Å²) in [5.41, 5.74) is 0.981. The summed E-state index contributed by atoms with van der Waals surface area (Å²) in [5, 5.41) is 0. The number of carbonyl (C=O) groups excluding carboxylic acids is 2. The molecule has 116 valence electrons. The SMILES string of the molecule is O=C1OC(c2ccccc2)=N/C1=C1/N=C(c2ccccc2)OC1=O. The smallest absolute Gasteiger partial charge is 0.366 e. The number of benzene rings is 2. The van der Waals surface area contributed by atoms with Gasteiger partial charge in [-0.25, -0.2) is 19.6 Å². The molecule has 0 radical (unpaired) electrons. The molecule has 4 rings (SSSR count). The normalized spacial score (nSPS) is 19.7. The summed E-state index contributed by atoms with van der Waals surface area (Å²) >= 11 is 0. The van der Waals surface area contributed by atoms with Gasteiger partial charge in [-0.1, -0.05) is 36.4 Å². The van der Waals surface area contributed by atoms with Gasteiger partial charge in [-0.2, -0.15) is 0 Å². The highest BCUT2D eigenvalue weighted by Gasteiger charge is 2.35. The van der Waals surface area contributed by atoms with Gasteiger partial charge in [0.15, 0.2) is 11.4 Å². The molecule has 0 saturated heterocycles. The van der Waals surface area contributed by atoms with Crippen molar-refractivity contribution >= 4 is 23.7 Å². The maximum absolute atomic E-state index is 12.1. The zero-order chi connectivity index (χ0) is 16.5. The Morgan fingerprint density at radius 3 is 1.33 bits per heavy atom. The van der Waals surface area contributed by atoms with Crippen molar-refractivity contribution < 1.29 is 19.1 Å². The lowest BCUT2D eigenvalue weighted by Gasteiger charge is -1.97. The first kappa shape index (κ1) is 14.1. The molecule has 0 N–H and O–H groups in total. The standard InChI is InChI=1S/C18H10N2O4/c21-17-13(19-15(23-17)11-7-3-1-4-8-11)14-18(22)24-16(20-14)12-9-5-2-6-10-12/h1-10H/b14-13+. The van der Waals surface area contributed by atoms with E-state index >= 15 is 0 Å². The maximum atomic E-state index is 12.1. The van der Waals surface area contributed by atoms with Crippen molar-refractivity contribution in [1.82, 2.24) is 0 Å². The first-order valence-corrected chi connectivity index (χ1v) is 7.19. The summed E-state index contributed by atoms with van der Waals surface area (Å²) in [4.78, 5) is 32.4. The van der Waals surface area contributed by atoms with Crippen LogP contribution in [0.1, 0.15) is 11.1 Å². The average Bonchev–Trinajstić information content (AvgIpc) is 3.19. The summed E-state index contributed by atoms with van der Waals surface area (Å²) < 4.78 is 10.3. The van der Waals surface area contributed by atoms with Gasteiger partial charge in [0.2, 0.25) is 11.8 Å². The molecule has 0 aromatic heterocycles. The highest BCUT2D eigenvalue weighted by atomic mass is 16.6. The van der Waals surface area contributed by atoms with Crippen LogP contribution >= 0.6 is 0 Å². The number of esters is 2. The van der Waals surface area contributed by atoms with Crippen LogP contribution in [0.25, 0.3) is 0 Å². The van der Waals surface area contributed by atoms with E-state index in [1.165, 1.54) is 0 Å². The van der Waals surface area contributed by atoms with Crippen molar-refractivity contribution in [3.8, 4) is 0 Å². The molecular formula is C18H10N2O4. The molecule has 0 unspecified atom stereocenters. The van der Waals surface area contributed by atoms with E-state index in [2.05, 4.69) is 9.98 Å². The second-order valence-electron chi connectivity index (χ2n) is 5.04. The molecule has 2 aromatic rings. The summed E-state index contributed by atoms with van der Waals surface area (Å²) in [7, 11) is 0. The van der Waals surface area contributed by atoms with E-state index in [9.17, 15) is 9.59 Å². The van der Waals surface area contributed by atoms with Crippen LogP contribution in [0.5, 0.6) is 0 Å². The van der Waals surface area contributed by atoms with Crippen molar-refractivity contribution in [3.63, 3.8) is 0 Å². The number of carbonyl (C=O) groups is 2. The van der Waals surface area contributed by atoms with Crippen LogP contribution in [-0.4, -0.2) is 23.7 Å². The van der Waals surface area contributed by atoms with Gasteiger partial charge < -0.3 is 9.47 Å². The number of hydrogen-bond acceptors (Lipinski definition) is 6. The minimum atomic E-state index is -0.723. The first-order valence-electron chi connectivity index (χ1n) is 7.19. The summed E-state index contributed by atoms with van der Waals surface area (Å²) in [6.07, 6.45) is 0. The van der Waals surface area contributed by atoms with E-state index in [-0.39, 0.29) is 23.2 Å². The van der Waals surface area contributed by atoms with E-state index in [0.717, 1.165) is 0 Å². The molecule has 0 spiro atoms. The van der Waals surface area contributed by atoms with Crippen LogP contribution in [0.2, 0.25) is 0 Å². The number of ether oxygens (including phenoxy) is 2. The van der Waals surface area contributed by atoms with Crippen molar-refractivity contribution in [3.05, 3.63) is 83.2 Å². The molecule has 2 aliphatic rings. The van der Waals surface area contributed by atoms with Crippen molar-refractivity contribution in [2.45, 2.75) is 0 Å². The number of nitrogens with zero attached hydrogens (tertiary/aromatic N) is 2. The third kappa shape index (κ3) is 2.40. The molecule has 0 amide bonds. The number of hydrogen-bond donors (Lipinski definition) is 0. The molecule has 2 aliphatic heterocycles. The second-order valence-corrected chi connectivity index (χ2v) is 5.04. The van der Waals surface area contributed by atoms with Gasteiger partial charge in [-0.15, -0.1) is 0 Å². The topological polar surface area (TPSA) is 77.3 Å². The van der Waals surface area contributed by atoms with E-state index in [1.807, 2.05) is 12.1 Å². The van der Waals surface area contributed by atoms with Crippen LogP contribution < -0.4 is 0 Å². The second kappa shape index (κ2) is 5.58. The minimum absolute atomic E-state index is 0.138. The van der Waals surface area contributed by atoms with E-state index in [4.69, 9.17) is 9.47 Å². The quantitative estimate of drug-likeness (QED) is 0.628. The Morgan fingerprint density at radius 2 is 0.958 bits per heavy atom. The lowest BCUT2D eigenvalue weighted by Crippen LogP contribution is -2.08. The Hall–Kier alpha value is -3.54. The molecule has 0 atom stereocenters. The predicted octanol–water partition coefficient (Wildman–Crippen LogP) is 2.21. The Kier molecular flexibility index (Phi) is 3.28. The van der Waals surface area contributed by atoms with Gasteiger partial charge in [0, 0.05) is 11.1 Å². The molecule has 0 fully saturated rings. The highest BCUT2D eigenvalue weighted by molar-refractivity contribution is 6.18. The number of cyclic esters (lactones) is 2. The van der Waals surface area contributed by atoms with Crippen molar-refractivity contribution in [1.29, 1.82) is 0 Å². The molecule has 0 saturated carbocycles.